The van der Waals surface area contributed by atoms with Crippen LogP contribution in [0, 0.1) is 0 Å². The molecule has 2 aliphatic rings. The molecule has 2 fully saturated rings. The second kappa shape index (κ2) is 8.65. The fourth-order valence-electron chi connectivity index (χ4n) is 3.17. The first-order valence-electron chi connectivity index (χ1n) is 8.48. The molecule has 0 radical (unpaired) electrons. The van der Waals surface area contributed by atoms with Crippen molar-refractivity contribution in [3.05, 3.63) is 0 Å². The molecule has 1 atom stereocenters. The van der Waals surface area contributed by atoms with Crippen molar-refractivity contribution in [1.29, 1.82) is 0 Å². The summed E-state index contributed by atoms with van der Waals surface area (Å²) in [6.07, 6.45) is 9.64. The van der Waals surface area contributed by atoms with Crippen molar-refractivity contribution < 1.29 is 9.59 Å². The van der Waals surface area contributed by atoms with Gasteiger partial charge in [-0.05, 0) is 38.9 Å². The quantitative estimate of drug-likeness (QED) is 0.833. The van der Waals surface area contributed by atoms with Crippen LogP contribution >= 0.6 is 11.8 Å². The molecule has 1 saturated heterocycles. The van der Waals surface area contributed by atoms with E-state index in [1.807, 2.05) is 18.1 Å². The molecule has 0 aromatic carbocycles. The molecule has 2 rings (SSSR count). The van der Waals surface area contributed by atoms with Crippen LogP contribution in [0.15, 0.2) is 0 Å². The molecule has 2 N–H and O–H groups in total. The van der Waals surface area contributed by atoms with Crippen molar-refractivity contribution in [3.8, 4) is 0 Å². The van der Waals surface area contributed by atoms with E-state index >= 15 is 0 Å². The fraction of sp³-hybridized carbons (Fsp3) is 0.875. The number of amides is 3. The van der Waals surface area contributed by atoms with Gasteiger partial charge in [0.15, 0.2) is 0 Å². The Morgan fingerprint density at radius 2 is 1.59 bits per heavy atom. The zero-order valence-corrected chi connectivity index (χ0v) is 14.6. The predicted octanol–water partition coefficient (Wildman–Crippen LogP) is 2.36. The number of likely N-dealkylation sites (tertiary alicyclic amines) is 1. The van der Waals surface area contributed by atoms with Gasteiger partial charge >= 0.3 is 6.03 Å². The molecular formula is C16H29N3O2S. The van der Waals surface area contributed by atoms with E-state index in [2.05, 4.69) is 10.6 Å². The van der Waals surface area contributed by atoms with E-state index in [9.17, 15) is 9.59 Å². The summed E-state index contributed by atoms with van der Waals surface area (Å²) in [6, 6.07) is 0.649. The smallest absolute Gasteiger partial charge is 0.317 e. The summed E-state index contributed by atoms with van der Waals surface area (Å²) < 4.78 is 0. The van der Waals surface area contributed by atoms with Crippen molar-refractivity contribution in [2.45, 2.75) is 69.2 Å². The summed E-state index contributed by atoms with van der Waals surface area (Å²) in [7, 11) is 0. The summed E-state index contributed by atoms with van der Waals surface area (Å²) in [6.45, 7) is 3.39. The third-order valence-electron chi connectivity index (χ3n) is 4.78. The number of urea groups is 1. The summed E-state index contributed by atoms with van der Waals surface area (Å²) in [5.41, 5.74) is 0. The molecule has 0 unspecified atom stereocenters. The molecule has 1 saturated carbocycles. The third-order valence-corrected chi connectivity index (χ3v) is 5.71. The number of nitrogens with one attached hydrogen (secondary N) is 2. The molecule has 6 heteroatoms. The van der Waals surface area contributed by atoms with E-state index in [0.717, 1.165) is 38.8 Å². The monoisotopic (exact) mass is 327 g/mol. The highest BCUT2D eigenvalue weighted by atomic mass is 32.2. The number of rotatable bonds is 4. The van der Waals surface area contributed by atoms with Gasteiger partial charge in [0.2, 0.25) is 5.91 Å². The molecule has 0 bridgehead atoms. The van der Waals surface area contributed by atoms with Gasteiger partial charge in [0.25, 0.3) is 0 Å². The van der Waals surface area contributed by atoms with Gasteiger partial charge in [-0.25, -0.2) is 4.79 Å². The second-order valence-electron chi connectivity index (χ2n) is 6.43. The molecular weight excluding hydrogens is 298 g/mol. The third kappa shape index (κ3) is 5.07. The Morgan fingerprint density at radius 1 is 1.00 bits per heavy atom. The minimum atomic E-state index is -0.00682. The number of piperidine rings is 1. The largest absolute Gasteiger partial charge is 0.352 e. The first kappa shape index (κ1) is 17.4. The van der Waals surface area contributed by atoms with Crippen LogP contribution in [-0.4, -0.2) is 53.5 Å². The molecule has 3 amide bonds. The van der Waals surface area contributed by atoms with Crippen LogP contribution in [0.4, 0.5) is 4.79 Å². The number of hydrogen-bond donors (Lipinski definition) is 2. The molecule has 0 spiro atoms. The van der Waals surface area contributed by atoms with E-state index in [0.29, 0.717) is 6.04 Å². The zero-order chi connectivity index (χ0) is 15.9. The lowest BCUT2D eigenvalue weighted by Gasteiger charge is -2.34. The average Bonchev–Trinajstić information content (AvgIpc) is 2.55. The van der Waals surface area contributed by atoms with Crippen LogP contribution in [0.25, 0.3) is 0 Å². The molecule has 0 aromatic heterocycles. The first-order valence-corrected chi connectivity index (χ1v) is 9.77. The lowest BCUT2D eigenvalue weighted by atomic mass is 9.95. The molecule has 0 aromatic rings. The molecule has 1 aliphatic heterocycles. The summed E-state index contributed by atoms with van der Waals surface area (Å²) in [5, 5.41) is 6.25. The molecule has 1 heterocycles. The van der Waals surface area contributed by atoms with Crippen LogP contribution in [0.5, 0.6) is 0 Å². The van der Waals surface area contributed by atoms with Gasteiger partial charge in [-0.15, -0.1) is 0 Å². The van der Waals surface area contributed by atoms with Gasteiger partial charge in [0, 0.05) is 25.2 Å². The van der Waals surface area contributed by atoms with Gasteiger partial charge in [0.05, 0.1) is 5.25 Å². The van der Waals surface area contributed by atoms with E-state index in [1.165, 1.54) is 19.3 Å². The zero-order valence-electron chi connectivity index (χ0n) is 13.8. The number of thioether (sulfide) groups is 1. The van der Waals surface area contributed by atoms with Crippen molar-refractivity contribution in [2.75, 3.05) is 19.3 Å². The van der Waals surface area contributed by atoms with Crippen molar-refractivity contribution in [2.24, 2.45) is 0 Å². The Bertz CT molecular complexity index is 378. The highest BCUT2D eigenvalue weighted by Crippen LogP contribution is 2.18. The lowest BCUT2D eigenvalue weighted by molar-refractivity contribution is -0.121. The number of nitrogens with zero attached hydrogens (tertiary/aromatic N) is 1. The van der Waals surface area contributed by atoms with Gasteiger partial charge in [-0.3, -0.25) is 4.79 Å². The maximum absolute atomic E-state index is 12.3. The maximum atomic E-state index is 12.3. The van der Waals surface area contributed by atoms with Crippen molar-refractivity contribution >= 4 is 23.7 Å². The van der Waals surface area contributed by atoms with Crippen molar-refractivity contribution in [1.82, 2.24) is 15.5 Å². The van der Waals surface area contributed by atoms with E-state index in [4.69, 9.17) is 0 Å². The highest BCUT2D eigenvalue weighted by Gasteiger charge is 2.26. The van der Waals surface area contributed by atoms with Gasteiger partial charge in [0.1, 0.15) is 0 Å². The Morgan fingerprint density at radius 3 is 2.18 bits per heavy atom. The Labute approximate surface area is 138 Å². The highest BCUT2D eigenvalue weighted by molar-refractivity contribution is 7.99. The van der Waals surface area contributed by atoms with Crippen LogP contribution < -0.4 is 10.6 Å². The molecule has 1 aliphatic carbocycles. The Balaban J connectivity index is 1.69. The summed E-state index contributed by atoms with van der Waals surface area (Å²) in [5.74, 6) is 0.109. The number of carbonyl (C=O) groups excluding carboxylic acids is 2. The van der Waals surface area contributed by atoms with Gasteiger partial charge in [-0.1, -0.05) is 19.3 Å². The molecule has 5 nitrogen and oxygen atoms in total. The summed E-state index contributed by atoms with van der Waals surface area (Å²) in [4.78, 5) is 26.1. The van der Waals surface area contributed by atoms with Crippen LogP contribution in [-0.2, 0) is 4.79 Å². The average molecular weight is 327 g/mol. The normalized spacial score (nSPS) is 22.2. The Hall–Kier alpha value is -0.910. The minimum Gasteiger partial charge on any atom is -0.352 e. The Kier molecular flexibility index (Phi) is 6.86. The van der Waals surface area contributed by atoms with Gasteiger partial charge in [-0.2, -0.15) is 11.8 Å². The number of hydrogen-bond acceptors (Lipinski definition) is 3. The van der Waals surface area contributed by atoms with E-state index < -0.39 is 0 Å². The minimum absolute atomic E-state index is 0.00682. The predicted molar refractivity (Wildman–Crippen MR) is 91.1 cm³/mol. The SMILES string of the molecule is CS[C@@H](C)C(=O)NC1CCN(C(=O)NC2CCCCC2)CC1. The second-order valence-corrected chi connectivity index (χ2v) is 7.61. The van der Waals surface area contributed by atoms with E-state index in [1.54, 1.807) is 11.8 Å². The first-order chi connectivity index (χ1) is 10.6. The van der Waals surface area contributed by atoms with Crippen LogP contribution in [0.1, 0.15) is 51.9 Å². The lowest BCUT2D eigenvalue weighted by Crippen LogP contribution is -2.52. The van der Waals surface area contributed by atoms with E-state index in [-0.39, 0.29) is 23.2 Å². The maximum Gasteiger partial charge on any atom is 0.317 e. The standard InChI is InChI=1S/C16H29N3O2S/c1-12(22-2)15(20)17-14-8-10-19(11-9-14)16(21)18-13-6-4-3-5-7-13/h12-14H,3-11H2,1-2H3,(H,17,20)(H,18,21)/t12-/m0/s1. The van der Waals surface area contributed by atoms with Gasteiger partial charge < -0.3 is 15.5 Å². The van der Waals surface area contributed by atoms with Crippen LogP contribution in [0.2, 0.25) is 0 Å². The van der Waals surface area contributed by atoms with Crippen LogP contribution in [0.3, 0.4) is 0 Å². The van der Waals surface area contributed by atoms with Crippen molar-refractivity contribution in [3.63, 3.8) is 0 Å². The molecule has 22 heavy (non-hydrogen) atoms. The molecule has 126 valence electrons. The number of carbonyl (C=O) groups is 2. The topological polar surface area (TPSA) is 61.4 Å². The summed E-state index contributed by atoms with van der Waals surface area (Å²) >= 11 is 1.56. The fourth-order valence-corrected chi connectivity index (χ4v) is 3.45.